The smallest absolute Gasteiger partial charge is 0.0886 e. The van der Waals surface area contributed by atoms with Crippen molar-refractivity contribution < 1.29 is 0 Å². The van der Waals surface area contributed by atoms with Crippen molar-refractivity contribution in [1.82, 2.24) is 0 Å². The molecule has 0 spiro atoms. The number of anilines is 1. The number of allylic oxidation sites excluding steroid dienone is 1. The van der Waals surface area contributed by atoms with Crippen LogP contribution < -0.4 is 10.5 Å². The van der Waals surface area contributed by atoms with E-state index in [0.717, 1.165) is 16.8 Å². The summed E-state index contributed by atoms with van der Waals surface area (Å²) in [5.41, 5.74) is 2.82. The number of benzene rings is 1. The third-order valence-corrected chi connectivity index (χ3v) is 11.3. The van der Waals surface area contributed by atoms with Gasteiger partial charge in [-0.25, -0.2) is 0 Å². The summed E-state index contributed by atoms with van der Waals surface area (Å²) < 4.78 is 0. The molecule has 1 aromatic rings. The van der Waals surface area contributed by atoms with E-state index in [1.54, 1.807) is 10.4 Å². The molecule has 1 rings (SSSR count). The van der Waals surface area contributed by atoms with Crippen molar-refractivity contribution >= 4 is 29.2 Å². The van der Waals surface area contributed by atoms with Gasteiger partial charge in [-0.15, -0.1) is 0 Å². The van der Waals surface area contributed by atoms with E-state index >= 15 is 0 Å². The highest BCUT2D eigenvalue weighted by atomic mass is 28.3. The standard InChI is InChI=1S/C17H31NSi2/c1-13(14(2)19)12-18-15-10-8-9-11-16(15)20(6,7)17(3,4)5/h8-11,18H,12H2,1-7,19H3. The number of nitrogens with one attached hydrogen (secondary N) is 1. The molecule has 0 saturated heterocycles. The average Bonchev–Trinajstić information content (AvgIpc) is 2.34. The first-order valence-electron chi connectivity index (χ1n) is 7.53. The molecule has 0 aliphatic heterocycles. The maximum atomic E-state index is 3.67. The predicted octanol–water partition coefficient (Wildman–Crippen LogP) is 3.47. The van der Waals surface area contributed by atoms with Crippen LogP contribution in [0.3, 0.4) is 0 Å². The van der Waals surface area contributed by atoms with E-state index in [2.05, 4.69) is 77.3 Å². The fraction of sp³-hybridized carbons (Fsp3) is 0.529. The Morgan fingerprint density at radius 3 is 2.20 bits per heavy atom. The molecular formula is C17H31NSi2. The van der Waals surface area contributed by atoms with Crippen LogP contribution in [0.1, 0.15) is 34.6 Å². The second-order valence-corrected chi connectivity index (χ2v) is 14.3. The Morgan fingerprint density at radius 2 is 1.70 bits per heavy atom. The van der Waals surface area contributed by atoms with E-state index in [1.165, 1.54) is 11.3 Å². The van der Waals surface area contributed by atoms with Crippen molar-refractivity contribution in [2.24, 2.45) is 0 Å². The predicted molar refractivity (Wildman–Crippen MR) is 100 cm³/mol. The lowest BCUT2D eigenvalue weighted by molar-refractivity contribution is 0.729. The minimum Gasteiger partial charge on any atom is -0.381 e. The lowest BCUT2D eigenvalue weighted by atomic mass is 10.2. The highest BCUT2D eigenvalue weighted by Gasteiger charge is 2.38. The summed E-state index contributed by atoms with van der Waals surface area (Å²) in [5, 5.41) is 7.13. The van der Waals surface area contributed by atoms with Crippen molar-refractivity contribution in [1.29, 1.82) is 0 Å². The second kappa shape index (κ2) is 6.31. The molecule has 1 nitrogen and oxygen atoms in total. The Morgan fingerprint density at radius 1 is 1.15 bits per heavy atom. The highest BCUT2D eigenvalue weighted by Crippen LogP contribution is 2.36. The van der Waals surface area contributed by atoms with Gasteiger partial charge in [-0.05, 0) is 30.1 Å². The molecule has 0 bridgehead atoms. The van der Waals surface area contributed by atoms with Gasteiger partial charge >= 0.3 is 0 Å². The van der Waals surface area contributed by atoms with Crippen molar-refractivity contribution in [3.05, 3.63) is 35.0 Å². The Balaban J connectivity index is 3.10. The SMILES string of the molecule is CC([SiH3])=C(C)CNc1ccccc1[Si](C)(C)C(C)(C)C. The van der Waals surface area contributed by atoms with Crippen LogP contribution in [0.5, 0.6) is 0 Å². The molecule has 0 saturated carbocycles. The minimum absolute atomic E-state index is 0.364. The summed E-state index contributed by atoms with van der Waals surface area (Å²) in [6, 6.07) is 8.89. The van der Waals surface area contributed by atoms with Crippen LogP contribution in [0.15, 0.2) is 35.0 Å². The van der Waals surface area contributed by atoms with Gasteiger partial charge < -0.3 is 5.32 Å². The molecule has 20 heavy (non-hydrogen) atoms. The van der Waals surface area contributed by atoms with Crippen LogP contribution in [0.2, 0.25) is 18.1 Å². The Kier molecular flexibility index (Phi) is 5.44. The molecule has 1 aromatic carbocycles. The molecule has 0 aliphatic carbocycles. The molecule has 0 atom stereocenters. The first-order chi connectivity index (χ1) is 9.07. The number of para-hydroxylation sites is 1. The quantitative estimate of drug-likeness (QED) is 0.840. The fourth-order valence-electron chi connectivity index (χ4n) is 1.99. The molecule has 0 fully saturated rings. The van der Waals surface area contributed by atoms with Gasteiger partial charge in [0.25, 0.3) is 0 Å². The maximum Gasteiger partial charge on any atom is 0.0886 e. The summed E-state index contributed by atoms with van der Waals surface area (Å²) in [4.78, 5) is 0. The molecule has 0 aromatic heterocycles. The summed E-state index contributed by atoms with van der Waals surface area (Å²) in [6.07, 6.45) is 0. The van der Waals surface area contributed by atoms with Crippen molar-refractivity contribution in [3.8, 4) is 0 Å². The summed E-state index contributed by atoms with van der Waals surface area (Å²) in [6.45, 7) is 17.5. The summed E-state index contributed by atoms with van der Waals surface area (Å²) in [5.74, 6) is 0. The van der Waals surface area contributed by atoms with Gasteiger partial charge in [-0.1, -0.05) is 62.8 Å². The van der Waals surface area contributed by atoms with E-state index in [0.29, 0.717) is 5.04 Å². The molecule has 0 aliphatic rings. The van der Waals surface area contributed by atoms with E-state index in [9.17, 15) is 0 Å². The topological polar surface area (TPSA) is 12.0 Å². The zero-order valence-corrected chi connectivity index (χ0v) is 17.5. The van der Waals surface area contributed by atoms with Gasteiger partial charge in [0.05, 0.1) is 8.07 Å². The summed E-state index contributed by atoms with van der Waals surface area (Å²) in [7, 11) is -0.335. The monoisotopic (exact) mass is 305 g/mol. The Bertz CT molecular complexity index is 492. The molecule has 3 heteroatoms. The van der Waals surface area contributed by atoms with Gasteiger partial charge in [0.15, 0.2) is 0 Å². The number of hydrogen-bond donors (Lipinski definition) is 1. The minimum atomic E-state index is -1.49. The maximum absolute atomic E-state index is 3.67. The average molecular weight is 306 g/mol. The van der Waals surface area contributed by atoms with E-state index in [4.69, 9.17) is 0 Å². The molecule has 1 N–H and O–H groups in total. The third kappa shape index (κ3) is 3.86. The second-order valence-electron chi connectivity index (χ2n) is 7.55. The van der Waals surface area contributed by atoms with Gasteiger partial charge in [0.1, 0.15) is 0 Å². The summed E-state index contributed by atoms with van der Waals surface area (Å²) >= 11 is 0. The highest BCUT2D eigenvalue weighted by molar-refractivity contribution is 6.93. The van der Waals surface area contributed by atoms with Gasteiger partial charge in [0.2, 0.25) is 0 Å². The van der Waals surface area contributed by atoms with Gasteiger partial charge in [0, 0.05) is 22.5 Å². The fourth-order valence-corrected chi connectivity index (χ4v) is 4.33. The van der Waals surface area contributed by atoms with Gasteiger partial charge in [-0.2, -0.15) is 0 Å². The largest absolute Gasteiger partial charge is 0.381 e. The van der Waals surface area contributed by atoms with Gasteiger partial charge in [-0.3, -0.25) is 0 Å². The first kappa shape index (κ1) is 17.2. The van der Waals surface area contributed by atoms with E-state index < -0.39 is 8.07 Å². The zero-order valence-electron chi connectivity index (χ0n) is 14.5. The van der Waals surface area contributed by atoms with Crippen LogP contribution in [-0.2, 0) is 0 Å². The van der Waals surface area contributed by atoms with Crippen molar-refractivity contribution in [2.45, 2.75) is 52.8 Å². The Labute approximate surface area is 129 Å². The van der Waals surface area contributed by atoms with Crippen LogP contribution in [-0.4, -0.2) is 24.9 Å². The zero-order chi connectivity index (χ0) is 15.6. The normalized spacial score (nSPS) is 14.2. The van der Waals surface area contributed by atoms with Crippen LogP contribution in [0.25, 0.3) is 0 Å². The number of rotatable bonds is 4. The lowest BCUT2D eigenvalue weighted by Crippen LogP contribution is -2.50. The van der Waals surface area contributed by atoms with E-state index in [1.807, 2.05) is 0 Å². The molecule has 0 amide bonds. The molecule has 0 unspecified atom stereocenters. The van der Waals surface area contributed by atoms with Crippen LogP contribution in [0.4, 0.5) is 5.69 Å². The number of hydrogen-bond acceptors (Lipinski definition) is 1. The van der Waals surface area contributed by atoms with Crippen molar-refractivity contribution in [3.63, 3.8) is 0 Å². The van der Waals surface area contributed by atoms with Crippen LogP contribution >= 0.6 is 0 Å². The molecular weight excluding hydrogens is 274 g/mol. The molecule has 0 radical (unpaired) electrons. The van der Waals surface area contributed by atoms with Crippen LogP contribution in [0, 0.1) is 0 Å². The molecule has 112 valence electrons. The Hall–Kier alpha value is -0.806. The van der Waals surface area contributed by atoms with Crippen molar-refractivity contribution in [2.75, 3.05) is 11.9 Å². The lowest BCUT2D eigenvalue weighted by Gasteiger charge is -2.38. The first-order valence-corrected chi connectivity index (χ1v) is 11.5. The third-order valence-electron chi connectivity index (χ3n) is 4.87. The van der Waals surface area contributed by atoms with E-state index in [-0.39, 0.29) is 0 Å². The molecule has 0 heterocycles.